The average molecular weight is 514 g/mol. The zero-order valence-corrected chi connectivity index (χ0v) is 19.2. The maximum Gasteiger partial charge on any atom is 0.126 e. The van der Waals surface area contributed by atoms with Crippen molar-refractivity contribution in [3.63, 3.8) is 0 Å². The summed E-state index contributed by atoms with van der Waals surface area (Å²) in [7, 11) is 0. The second kappa shape index (κ2) is 8.82. The zero-order valence-electron chi connectivity index (χ0n) is 16.1. The summed E-state index contributed by atoms with van der Waals surface area (Å²) in [5.41, 5.74) is 5.44. The molecule has 0 aliphatic carbocycles. The largest absolute Gasteiger partial charge is 0.508 e. The monoisotopic (exact) mass is 512 g/mol. The SMILES string of the molecule is CCc1ccc(C2=N[C@H](c3cccc(Br)c3)N[C@@H](c3cc(Br)ccc3O)C2)cc1. The van der Waals surface area contributed by atoms with E-state index in [1.165, 1.54) is 5.56 Å². The van der Waals surface area contributed by atoms with Crippen LogP contribution in [-0.4, -0.2) is 10.8 Å². The van der Waals surface area contributed by atoms with E-state index in [9.17, 15) is 5.11 Å². The number of hydrogen-bond acceptors (Lipinski definition) is 3. The van der Waals surface area contributed by atoms with Crippen LogP contribution in [0.15, 0.2) is 80.7 Å². The molecule has 3 aromatic carbocycles. The number of aryl methyl sites for hydroxylation is 1. The number of phenolic OH excluding ortho intramolecular Hbond substituents is 1. The van der Waals surface area contributed by atoms with Crippen molar-refractivity contribution in [1.29, 1.82) is 0 Å². The first-order chi connectivity index (χ1) is 14.0. The van der Waals surface area contributed by atoms with Gasteiger partial charge < -0.3 is 5.11 Å². The summed E-state index contributed by atoms with van der Waals surface area (Å²) in [6.07, 6.45) is 1.54. The van der Waals surface area contributed by atoms with Gasteiger partial charge in [0.05, 0.1) is 0 Å². The first kappa shape index (κ1) is 20.3. The summed E-state index contributed by atoms with van der Waals surface area (Å²) < 4.78 is 1.97. The van der Waals surface area contributed by atoms with Gasteiger partial charge in [-0.15, -0.1) is 0 Å². The molecule has 1 heterocycles. The Kier molecular flexibility index (Phi) is 6.18. The van der Waals surface area contributed by atoms with E-state index < -0.39 is 0 Å². The smallest absolute Gasteiger partial charge is 0.126 e. The quantitative estimate of drug-likeness (QED) is 0.407. The van der Waals surface area contributed by atoms with Crippen molar-refractivity contribution >= 4 is 37.6 Å². The van der Waals surface area contributed by atoms with Gasteiger partial charge in [-0.3, -0.25) is 10.3 Å². The van der Waals surface area contributed by atoms with Crippen LogP contribution in [0.5, 0.6) is 5.75 Å². The molecule has 3 nitrogen and oxygen atoms in total. The van der Waals surface area contributed by atoms with Crippen LogP contribution in [-0.2, 0) is 6.42 Å². The number of benzene rings is 3. The third-order valence-corrected chi connectivity index (χ3v) is 6.25. The number of nitrogens with zero attached hydrogens (tertiary/aromatic N) is 1. The Hall–Kier alpha value is -1.95. The van der Waals surface area contributed by atoms with Crippen LogP contribution in [0.3, 0.4) is 0 Å². The van der Waals surface area contributed by atoms with Crippen LogP contribution in [0.25, 0.3) is 0 Å². The highest BCUT2D eigenvalue weighted by molar-refractivity contribution is 9.10. The Morgan fingerprint density at radius 3 is 2.48 bits per heavy atom. The summed E-state index contributed by atoms with van der Waals surface area (Å²) >= 11 is 7.10. The first-order valence-corrected chi connectivity index (χ1v) is 11.3. The molecule has 5 heteroatoms. The normalized spacial score (nSPS) is 19.1. The lowest BCUT2D eigenvalue weighted by atomic mass is 9.93. The number of aliphatic imine (C=N–C) groups is 1. The molecule has 0 aromatic heterocycles. The lowest BCUT2D eigenvalue weighted by Crippen LogP contribution is -2.33. The van der Waals surface area contributed by atoms with Crippen LogP contribution in [0.1, 0.15) is 47.8 Å². The molecule has 148 valence electrons. The molecule has 0 saturated heterocycles. The molecule has 0 fully saturated rings. The Balaban J connectivity index is 1.76. The maximum atomic E-state index is 10.5. The predicted octanol–water partition coefficient (Wildman–Crippen LogP) is 6.70. The number of nitrogens with one attached hydrogen (secondary N) is 1. The van der Waals surface area contributed by atoms with E-state index in [1.54, 1.807) is 6.07 Å². The van der Waals surface area contributed by atoms with Crippen molar-refractivity contribution in [2.45, 2.75) is 32.0 Å². The molecule has 0 bridgehead atoms. The third-order valence-electron chi connectivity index (χ3n) is 5.27. The summed E-state index contributed by atoms with van der Waals surface area (Å²) in [4.78, 5) is 5.04. The molecule has 1 aliphatic heterocycles. The minimum absolute atomic E-state index is 0.0465. The van der Waals surface area contributed by atoms with Gasteiger partial charge >= 0.3 is 0 Å². The topological polar surface area (TPSA) is 44.6 Å². The van der Waals surface area contributed by atoms with E-state index in [0.717, 1.165) is 37.8 Å². The molecule has 0 saturated carbocycles. The van der Waals surface area contributed by atoms with Gasteiger partial charge in [0.25, 0.3) is 0 Å². The molecule has 3 aromatic rings. The van der Waals surface area contributed by atoms with Crippen molar-refractivity contribution in [2.24, 2.45) is 4.99 Å². The Morgan fingerprint density at radius 2 is 1.76 bits per heavy atom. The second-order valence-electron chi connectivity index (χ2n) is 7.21. The van der Waals surface area contributed by atoms with Gasteiger partial charge in [-0.05, 0) is 53.4 Å². The highest BCUT2D eigenvalue weighted by Gasteiger charge is 2.28. The summed E-state index contributed by atoms with van der Waals surface area (Å²) in [6.45, 7) is 2.16. The molecule has 4 rings (SSSR count). The number of aromatic hydroxyl groups is 1. The van der Waals surface area contributed by atoms with Gasteiger partial charge in [0.2, 0.25) is 0 Å². The second-order valence-corrected chi connectivity index (χ2v) is 9.04. The van der Waals surface area contributed by atoms with Crippen LogP contribution in [0.4, 0.5) is 0 Å². The number of halogens is 2. The molecule has 0 radical (unpaired) electrons. The van der Waals surface area contributed by atoms with E-state index in [1.807, 2.05) is 24.3 Å². The van der Waals surface area contributed by atoms with Crippen LogP contribution in [0, 0.1) is 0 Å². The summed E-state index contributed by atoms with van der Waals surface area (Å²) in [5.74, 6) is 0.293. The van der Waals surface area contributed by atoms with E-state index >= 15 is 0 Å². The zero-order chi connectivity index (χ0) is 20.4. The minimum atomic E-state index is -0.189. The number of rotatable bonds is 4. The molecular weight excluding hydrogens is 492 g/mol. The average Bonchev–Trinajstić information content (AvgIpc) is 2.75. The standard InChI is InChI=1S/C24H22Br2N2O/c1-2-15-6-8-16(9-7-15)21-14-22(20-13-19(26)10-11-23(20)29)28-24(27-21)17-4-3-5-18(25)12-17/h3-13,22,24,28-29H,2,14H2,1H3/t22-,24+/m1/s1. The Labute approximate surface area is 188 Å². The lowest BCUT2D eigenvalue weighted by Gasteiger charge is -2.31. The highest BCUT2D eigenvalue weighted by atomic mass is 79.9. The van der Waals surface area contributed by atoms with Crippen molar-refractivity contribution in [3.05, 3.63) is 97.9 Å². The maximum absolute atomic E-state index is 10.5. The first-order valence-electron chi connectivity index (χ1n) is 9.69. The van der Waals surface area contributed by atoms with Gasteiger partial charge in [-0.2, -0.15) is 0 Å². The van der Waals surface area contributed by atoms with Gasteiger partial charge in [0, 0.05) is 32.7 Å². The van der Waals surface area contributed by atoms with Crippen molar-refractivity contribution in [2.75, 3.05) is 0 Å². The third kappa shape index (κ3) is 4.63. The fourth-order valence-electron chi connectivity index (χ4n) is 3.67. The van der Waals surface area contributed by atoms with E-state index in [0.29, 0.717) is 12.2 Å². The minimum Gasteiger partial charge on any atom is -0.508 e. The molecule has 2 N–H and O–H groups in total. The van der Waals surface area contributed by atoms with Crippen LogP contribution < -0.4 is 5.32 Å². The molecule has 29 heavy (non-hydrogen) atoms. The Morgan fingerprint density at radius 1 is 1.00 bits per heavy atom. The van der Waals surface area contributed by atoms with Gasteiger partial charge in [-0.1, -0.05) is 75.2 Å². The molecule has 0 unspecified atom stereocenters. The molecule has 1 aliphatic rings. The fraction of sp³-hybridized carbons (Fsp3) is 0.208. The summed E-state index contributed by atoms with van der Waals surface area (Å²) in [6, 6.07) is 22.3. The molecule has 0 amide bonds. The van der Waals surface area contributed by atoms with E-state index in [2.05, 4.69) is 80.5 Å². The van der Waals surface area contributed by atoms with Gasteiger partial charge in [0.15, 0.2) is 0 Å². The van der Waals surface area contributed by atoms with Crippen molar-refractivity contribution in [1.82, 2.24) is 5.32 Å². The summed E-state index contributed by atoms with van der Waals surface area (Å²) in [5, 5.41) is 14.1. The van der Waals surface area contributed by atoms with E-state index in [4.69, 9.17) is 4.99 Å². The van der Waals surface area contributed by atoms with Crippen LogP contribution >= 0.6 is 31.9 Å². The van der Waals surface area contributed by atoms with Gasteiger partial charge in [-0.25, -0.2) is 0 Å². The molecular formula is C24H22Br2N2O. The van der Waals surface area contributed by atoms with Crippen molar-refractivity contribution < 1.29 is 5.11 Å². The number of phenols is 1. The Bertz CT molecular complexity index is 1050. The molecule has 0 spiro atoms. The predicted molar refractivity (Wildman–Crippen MR) is 126 cm³/mol. The number of hydrogen-bond donors (Lipinski definition) is 2. The van der Waals surface area contributed by atoms with Gasteiger partial charge in [0.1, 0.15) is 11.9 Å². The van der Waals surface area contributed by atoms with E-state index in [-0.39, 0.29) is 12.2 Å². The lowest BCUT2D eigenvalue weighted by molar-refractivity contribution is 0.412. The highest BCUT2D eigenvalue weighted by Crippen LogP contribution is 2.36. The van der Waals surface area contributed by atoms with Crippen molar-refractivity contribution in [3.8, 4) is 5.75 Å². The molecule has 2 atom stereocenters. The fourth-order valence-corrected chi connectivity index (χ4v) is 4.46. The van der Waals surface area contributed by atoms with Crippen LogP contribution in [0.2, 0.25) is 0 Å².